The number of fused-ring (bicyclic) bond motifs is 1. The minimum atomic E-state index is -0.375. The Morgan fingerprint density at radius 3 is 2.50 bits per heavy atom. The van der Waals surface area contributed by atoms with Gasteiger partial charge in [-0.3, -0.25) is 14.7 Å². The summed E-state index contributed by atoms with van der Waals surface area (Å²) in [6.07, 6.45) is 0. The zero-order chi connectivity index (χ0) is 16.7. The number of Topliss-reactive ketones (excluding diaryl/α,β-unsaturated/α-hetero) is 1. The molecule has 0 atom stereocenters. The average Bonchev–Trinajstić information content (AvgIpc) is 3.16. The number of carbonyl (C=O) groups excluding carboxylic acids is 1. The van der Waals surface area contributed by atoms with Gasteiger partial charge in [0.1, 0.15) is 5.56 Å². The lowest BCUT2D eigenvalue weighted by atomic mass is 10.1. The van der Waals surface area contributed by atoms with Gasteiger partial charge in [-0.15, -0.1) is 0 Å². The standard InChI is InChI=1S/C18H13N3O2S/c1-11(22)15-16(12-7-3-2-4-8-12)20-21(17(15)23)18-19-13-9-5-6-10-14(13)24-18/h2-10,20H,1H3. The molecule has 2 aromatic heterocycles. The quantitative estimate of drug-likeness (QED) is 0.581. The second kappa shape index (κ2) is 5.58. The van der Waals surface area contributed by atoms with Crippen LogP contribution in [0.5, 0.6) is 0 Å². The number of nitrogens with one attached hydrogen (secondary N) is 1. The molecule has 0 unspecified atom stereocenters. The molecule has 2 heterocycles. The van der Waals surface area contributed by atoms with Crippen LogP contribution in [0.3, 0.4) is 0 Å². The Kier molecular flexibility index (Phi) is 3.39. The molecule has 0 aliphatic carbocycles. The van der Waals surface area contributed by atoms with E-state index in [2.05, 4.69) is 10.1 Å². The highest BCUT2D eigenvalue weighted by atomic mass is 32.1. The van der Waals surface area contributed by atoms with Crippen LogP contribution in [-0.2, 0) is 0 Å². The molecule has 0 bridgehead atoms. The molecular weight excluding hydrogens is 322 g/mol. The van der Waals surface area contributed by atoms with Crippen LogP contribution in [0.4, 0.5) is 0 Å². The highest BCUT2D eigenvalue weighted by Gasteiger charge is 2.21. The molecule has 5 nitrogen and oxygen atoms in total. The maximum absolute atomic E-state index is 12.8. The summed E-state index contributed by atoms with van der Waals surface area (Å²) < 4.78 is 2.34. The Hall–Kier alpha value is -2.99. The van der Waals surface area contributed by atoms with Crippen molar-refractivity contribution in [3.05, 3.63) is 70.5 Å². The summed E-state index contributed by atoms with van der Waals surface area (Å²) in [6, 6.07) is 17.0. The molecule has 0 fully saturated rings. The first kappa shape index (κ1) is 14.6. The van der Waals surface area contributed by atoms with Crippen molar-refractivity contribution in [2.24, 2.45) is 0 Å². The van der Waals surface area contributed by atoms with Crippen LogP contribution in [0.25, 0.3) is 26.6 Å². The molecule has 0 radical (unpaired) electrons. The number of nitrogens with zero attached hydrogens (tertiary/aromatic N) is 2. The minimum absolute atomic E-state index is 0.153. The first-order valence-corrected chi connectivity index (χ1v) is 8.24. The molecule has 0 aliphatic rings. The molecule has 2 aromatic carbocycles. The van der Waals surface area contributed by atoms with Crippen molar-refractivity contribution in [1.82, 2.24) is 14.8 Å². The van der Waals surface area contributed by atoms with E-state index in [0.29, 0.717) is 10.8 Å². The summed E-state index contributed by atoms with van der Waals surface area (Å²) in [5.74, 6) is -0.269. The van der Waals surface area contributed by atoms with E-state index in [1.165, 1.54) is 22.9 Å². The second-order valence-corrected chi connectivity index (χ2v) is 6.40. The first-order chi connectivity index (χ1) is 11.6. The number of aromatic nitrogens is 3. The molecule has 4 rings (SSSR count). The molecule has 0 amide bonds. The van der Waals surface area contributed by atoms with E-state index in [0.717, 1.165) is 15.8 Å². The lowest BCUT2D eigenvalue weighted by Gasteiger charge is -1.99. The van der Waals surface area contributed by atoms with Gasteiger partial charge in [0.15, 0.2) is 5.78 Å². The van der Waals surface area contributed by atoms with Gasteiger partial charge in [-0.1, -0.05) is 53.8 Å². The number of ketones is 1. The number of carbonyl (C=O) groups is 1. The minimum Gasteiger partial charge on any atom is -0.294 e. The zero-order valence-corrected chi connectivity index (χ0v) is 13.6. The van der Waals surface area contributed by atoms with Crippen molar-refractivity contribution in [2.75, 3.05) is 0 Å². The van der Waals surface area contributed by atoms with Gasteiger partial charge in [0.25, 0.3) is 5.56 Å². The number of hydrogen-bond acceptors (Lipinski definition) is 4. The van der Waals surface area contributed by atoms with Crippen molar-refractivity contribution >= 4 is 27.3 Å². The van der Waals surface area contributed by atoms with Gasteiger partial charge in [-0.2, -0.15) is 4.68 Å². The topological polar surface area (TPSA) is 67.8 Å². The summed E-state index contributed by atoms with van der Waals surface area (Å²) in [7, 11) is 0. The number of benzene rings is 2. The summed E-state index contributed by atoms with van der Waals surface area (Å²) in [6.45, 7) is 1.40. The fourth-order valence-corrected chi connectivity index (χ4v) is 3.59. The van der Waals surface area contributed by atoms with Crippen LogP contribution in [0.15, 0.2) is 59.4 Å². The fraction of sp³-hybridized carbons (Fsp3) is 0.0556. The molecule has 0 saturated heterocycles. The third-order valence-electron chi connectivity index (χ3n) is 3.78. The lowest BCUT2D eigenvalue weighted by molar-refractivity contribution is 0.101. The Balaban J connectivity index is 1.97. The molecule has 118 valence electrons. The summed E-state index contributed by atoms with van der Waals surface area (Å²) in [5, 5.41) is 3.58. The van der Waals surface area contributed by atoms with Crippen LogP contribution in [0.2, 0.25) is 0 Å². The van der Waals surface area contributed by atoms with E-state index < -0.39 is 0 Å². The summed E-state index contributed by atoms with van der Waals surface area (Å²) in [4.78, 5) is 29.3. The van der Waals surface area contributed by atoms with Crippen molar-refractivity contribution in [3.8, 4) is 16.4 Å². The average molecular weight is 335 g/mol. The zero-order valence-electron chi connectivity index (χ0n) is 12.8. The van der Waals surface area contributed by atoms with Crippen molar-refractivity contribution in [3.63, 3.8) is 0 Å². The predicted molar refractivity (Wildman–Crippen MR) is 95.0 cm³/mol. The number of aromatic amines is 1. The SMILES string of the molecule is CC(=O)c1c(-c2ccccc2)[nH]n(-c2nc3ccccc3s2)c1=O. The smallest absolute Gasteiger partial charge is 0.284 e. The van der Waals surface area contributed by atoms with Gasteiger partial charge in [0, 0.05) is 5.56 Å². The van der Waals surface area contributed by atoms with Gasteiger partial charge < -0.3 is 0 Å². The normalized spacial score (nSPS) is 11.0. The molecule has 1 N–H and O–H groups in total. The Bertz CT molecular complexity index is 1070. The van der Waals surface area contributed by atoms with Crippen LogP contribution in [0.1, 0.15) is 17.3 Å². The fourth-order valence-electron chi connectivity index (χ4n) is 2.67. The maximum atomic E-state index is 12.8. The highest BCUT2D eigenvalue weighted by Crippen LogP contribution is 2.26. The first-order valence-electron chi connectivity index (χ1n) is 7.42. The molecule has 4 aromatic rings. The molecule has 0 saturated carbocycles. The van der Waals surface area contributed by atoms with Gasteiger partial charge in [0.05, 0.1) is 15.9 Å². The number of rotatable bonds is 3. The van der Waals surface area contributed by atoms with Crippen LogP contribution < -0.4 is 5.56 Å². The van der Waals surface area contributed by atoms with Gasteiger partial charge in [-0.25, -0.2) is 4.98 Å². The van der Waals surface area contributed by atoms with E-state index in [1.807, 2.05) is 54.6 Å². The Labute approximate surface area is 141 Å². The van der Waals surface area contributed by atoms with E-state index in [4.69, 9.17) is 0 Å². The lowest BCUT2D eigenvalue weighted by Crippen LogP contribution is -2.19. The second-order valence-electron chi connectivity index (χ2n) is 5.39. The van der Waals surface area contributed by atoms with Gasteiger partial charge >= 0.3 is 0 Å². The highest BCUT2D eigenvalue weighted by molar-refractivity contribution is 7.20. The number of H-pyrrole nitrogens is 1. The molecular formula is C18H13N3O2S. The van der Waals surface area contributed by atoms with Crippen molar-refractivity contribution in [1.29, 1.82) is 0 Å². The molecule has 0 aliphatic heterocycles. The van der Waals surface area contributed by atoms with Crippen molar-refractivity contribution < 1.29 is 4.79 Å². The Morgan fingerprint density at radius 1 is 1.08 bits per heavy atom. The number of para-hydroxylation sites is 1. The summed E-state index contributed by atoms with van der Waals surface area (Å²) in [5.41, 5.74) is 1.91. The monoisotopic (exact) mass is 335 g/mol. The number of thiazole rings is 1. The molecule has 6 heteroatoms. The third-order valence-corrected chi connectivity index (χ3v) is 4.80. The molecule has 0 spiro atoms. The van der Waals surface area contributed by atoms with E-state index >= 15 is 0 Å². The van der Waals surface area contributed by atoms with E-state index in [1.54, 1.807) is 0 Å². The van der Waals surface area contributed by atoms with Crippen molar-refractivity contribution in [2.45, 2.75) is 6.92 Å². The van der Waals surface area contributed by atoms with E-state index in [-0.39, 0.29) is 16.9 Å². The van der Waals surface area contributed by atoms with E-state index in [9.17, 15) is 9.59 Å². The van der Waals surface area contributed by atoms with Crippen LogP contribution in [-0.4, -0.2) is 20.5 Å². The predicted octanol–water partition coefficient (Wildman–Crippen LogP) is 3.64. The maximum Gasteiger partial charge on any atom is 0.284 e. The van der Waals surface area contributed by atoms with Gasteiger partial charge in [-0.05, 0) is 19.1 Å². The van der Waals surface area contributed by atoms with Crippen LogP contribution >= 0.6 is 11.3 Å². The third kappa shape index (κ3) is 2.28. The Morgan fingerprint density at radius 2 is 1.79 bits per heavy atom. The molecule has 24 heavy (non-hydrogen) atoms. The summed E-state index contributed by atoms with van der Waals surface area (Å²) >= 11 is 1.40. The van der Waals surface area contributed by atoms with Crippen LogP contribution in [0, 0.1) is 0 Å². The number of hydrogen-bond donors (Lipinski definition) is 1. The van der Waals surface area contributed by atoms with Gasteiger partial charge in [0.2, 0.25) is 5.13 Å². The largest absolute Gasteiger partial charge is 0.294 e.